The van der Waals surface area contributed by atoms with Gasteiger partial charge in [-0.05, 0) is 31.0 Å². The number of nitrogens with zero attached hydrogens (tertiary/aromatic N) is 1. The Kier molecular flexibility index (Phi) is 5.82. The lowest BCUT2D eigenvalue weighted by molar-refractivity contribution is 0.169. The zero-order chi connectivity index (χ0) is 15.2. The molecule has 2 rings (SSSR count). The van der Waals surface area contributed by atoms with Crippen LogP contribution in [0.2, 0.25) is 5.02 Å². The van der Waals surface area contributed by atoms with Gasteiger partial charge in [-0.15, -0.1) is 0 Å². The molecule has 6 heteroatoms. The summed E-state index contributed by atoms with van der Waals surface area (Å²) in [6.45, 7) is 4.71. The van der Waals surface area contributed by atoms with Gasteiger partial charge >= 0.3 is 6.03 Å². The van der Waals surface area contributed by atoms with E-state index in [9.17, 15) is 9.18 Å². The molecule has 1 heterocycles. The summed E-state index contributed by atoms with van der Waals surface area (Å²) < 4.78 is 19.1. The Morgan fingerprint density at radius 3 is 3.00 bits per heavy atom. The van der Waals surface area contributed by atoms with Gasteiger partial charge in [0.15, 0.2) is 0 Å². The molecule has 1 aliphatic heterocycles. The van der Waals surface area contributed by atoms with Crippen LogP contribution in [0.5, 0.6) is 0 Å². The van der Waals surface area contributed by atoms with Gasteiger partial charge in [-0.3, -0.25) is 0 Å². The number of ether oxygens (including phenoxy) is 1. The largest absolute Gasteiger partial charge is 0.381 e. The zero-order valence-corrected chi connectivity index (χ0v) is 12.8. The second-order valence-electron chi connectivity index (χ2n) is 5.23. The molecule has 0 saturated carbocycles. The Labute approximate surface area is 129 Å². The van der Waals surface area contributed by atoms with Crippen LogP contribution in [0.25, 0.3) is 0 Å². The summed E-state index contributed by atoms with van der Waals surface area (Å²) in [5.74, 6) is -0.172. The Bertz CT molecular complexity index is 493. The van der Waals surface area contributed by atoms with Gasteiger partial charge in [0.1, 0.15) is 5.82 Å². The number of benzene rings is 1. The van der Waals surface area contributed by atoms with Gasteiger partial charge in [-0.2, -0.15) is 0 Å². The highest BCUT2D eigenvalue weighted by Gasteiger charge is 2.22. The molecule has 1 saturated heterocycles. The lowest BCUT2D eigenvalue weighted by atomic mass is 10.1. The molecule has 116 valence electrons. The maximum atomic E-state index is 13.7. The quantitative estimate of drug-likeness (QED) is 0.899. The summed E-state index contributed by atoms with van der Waals surface area (Å²) in [5, 5.41) is 2.91. The van der Waals surface area contributed by atoms with Crippen molar-refractivity contribution >= 4 is 23.3 Å². The molecule has 1 unspecified atom stereocenters. The minimum atomic E-state index is -0.531. The summed E-state index contributed by atoms with van der Waals surface area (Å²) >= 11 is 5.70. The van der Waals surface area contributed by atoms with Crippen LogP contribution in [0.4, 0.5) is 14.9 Å². The van der Waals surface area contributed by atoms with E-state index in [1.807, 2.05) is 6.92 Å². The standard InChI is InChI=1S/C15H20ClFN2O2/c1-2-6-19(9-11-5-7-21-10-11)15(20)18-14-4-3-12(16)8-13(14)17/h3-4,8,11H,2,5-7,9-10H2,1H3,(H,18,20). The molecular weight excluding hydrogens is 295 g/mol. The molecule has 1 fully saturated rings. The second-order valence-corrected chi connectivity index (χ2v) is 5.67. The molecule has 0 radical (unpaired) electrons. The summed E-state index contributed by atoms with van der Waals surface area (Å²) in [5.41, 5.74) is 0.146. The van der Waals surface area contributed by atoms with Crippen LogP contribution in [0.15, 0.2) is 18.2 Å². The molecule has 4 nitrogen and oxygen atoms in total. The van der Waals surface area contributed by atoms with Crippen LogP contribution >= 0.6 is 11.6 Å². The lowest BCUT2D eigenvalue weighted by Crippen LogP contribution is -2.39. The average Bonchev–Trinajstić information content (AvgIpc) is 2.94. The fourth-order valence-electron chi connectivity index (χ4n) is 2.37. The van der Waals surface area contributed by atoms with E-state index in [0.29, 0.717) is 30.6 Å². The number of urea groups is 1. The van der Waals surface area contributed by atoms with Gasteiger partial charge in [0.2, 0.25) is 0 Å². The normalized spacial score (nSPS) is 17.8. The summed E-state index contributed by atoms with van der Waals surface area (Å²) in [7, 11) is 0. The third-order valence-electron chi connectivity index (χ3n) is 3.46. The van der Waals surface area contributed by atoms with Crippen molar-refractivity contribution in [2.24, 2.45) is 5.92 Å². The van der Waals surface area contributed by atoms with Crippen LogP contribution in [0, 0.1) is 11.7 Å². The third-order valence-corrected chi connectivity index (χ3v) is 3.69. The number of amides is 2. The van der Waals surface area contributed by atoms with Crippen LogP contribution in [-0.2, 0) is 4.74 Å². The summed E-state index contributed by atoms with van der Waals surface area (Å²) in [4.78, 5) is 14.0. The van der Waals surface area contributed by atoms with E-state index in [2.05, 4.69) is 5.32 Å². The second kappa shape index (κ2) is 7.61. The monoisotopic (exact) mass is 314 g/mol. The first-order valence-corrected chi connectivity index (χ1v) is 7.56. The smallest absolute Gasteiger partial charge is 0.321 e. The average molecular weight is 315 g/mol. The Morgan fingerprint density at radius 1 is 1.57 bits per heavy atom. The van der Waals surface area contributed by atoms with E-state index < -0.39 is 5.82 Å². The summed E-state index contributed by atoms with van der Waals surface area (Å²) in [6, 6.07) is 3.92. The van der Waals surface area contributed by atoms with Crippen molar-refractivity contribution in [2.45, 2.75) is 19.8 Å². The molecule has 1 aromatic rings. The van der Waals surface area contributed by atoms with E-state index in [0.717, 1.165) is 19.4 Å². The first-order valence-electron chi connectivity index (χ1n) is 7.19. The predicted octanol–water partition coefficient (Wildman–Crippen LogP) is 3.76. The molecule has 0 spiro atoms. The van der Waals surface area contributed by atoms with Crippen molar-refractivity contribution < 1.29 is 13.9 Å². The van der Waals surface area contributed by atoms with E-state index in [1.54, 1.807) is 11.0 Å². The van der Waals surface area contributed by atoms with Crippen LogP contribution in [0.1, 0.15) is 19.8 Å². The first kappa shape index (κ1) is 16.0. The van der Waals surface area contributed by atoms with Gasteiger partial charge in [-0.25, -0.2) is 9.18 Å². The highest BCUT2D eigenvalue weighted by atomic mass is 35.5. The highest BCUT2D eigenvalue weighted by Crippen LogP contribution is 2.20. The lowest BCUT2D eigenvalue weighted by Gasteiger charge is -2.25. The van der Waals surface area contributed by atoms with Crippen LogP contribution in [0.3, 0.4) is 0 Å². The van der Waals surface area contributed by atoms with E-state index in [4.69, 9.17) is 16.3 Å². The number of halogens is 2. The number of carbonyl (C=O) groups excluding carboxylic acids is 1. The van der Waals surface area contributed by atoms with Crippen molar-refractivity contribution in [3.8, 4) is 0 Å². The molecule has 21 heavy (non-hydrogen) atoms. The molecule has 0 bridgehead atoms. The van der Waals surface area contributed by atoms with Crippen molar-refractivity contribution in [3.63, 3.8) is 0 Å². The molecule has 1 aromatic carbocycles. The molecular formula is C15H20ClFN2O2. The number of carbonyl (C=O) groups is 1. The van der Waals surface area contributed by atoms with Crippen molar-refractivity contribution in [3.05, 3.63) is 29.0 Å². The fourth-order valence-corrected chi connectivity index (χ4v) is 2.53. The van der Waals surface area contributed by atoms with Crippen molar-refractivity contribution in [1.82, 2.24) is 4.90 Å². The van der Waals surface area contributed by atoms with E-state index >= 15 is 0 Å². The van der Waals surface area contributed by atoms with Gasteiger partial charge in [-0.1, -0.05) is 18.5 Å². The minimum absolute atomic E-state index is 0.146. The minimum Gasteiger partial charge on any atom is -0.381 e. The highest BCUT2D eigenvalue weighted by molar-refractivity contribution is 6.30. The molecule has 1 atom stereocenters. The number of anilines is 1. The predicted molar refractivity (Wildman–Crippen MR) is 81.2 cm³/mol. The maximum Gasteiger partial charge on any atom is 0.321 e. The number of rotatable bonds is 5. The Morgan fingerprint density at radius 2 is 2.38 bits per heavy atom. The SMILES string of the molecule is CCCN(CC1CCOC1)C(=O)Nc1ccc(Cl)cc1F. The Balaban J connectivity index is 1.99. The van der Waals surface area contributed by atoms with E-state index in [1.165, 1.54) is 12.1 Å². The van der Waals surface area contributed by atoms with Gasteiger partial charge in [0.05, 0.1) is 12.3 Å². The first-order chi connectivity index (χ1) is 10.1. The number of nitrogens with one attached hydrogen (secondary N) is 1. The molecule has 0 aromatic heterocycles. The molecule has 0 aliphatic carbocycles. The number of hydrogen-bond donors (Lipinski definition) is 1. The van der Waals surface area contributed by atoms with Crippen LogP contribution < -0.4 is 5.32 Å². The van der Waals surface area contributed by atoms with Gasteiger partial charge in [0.25, 0.3) is 0 Å². The summed E-state index contributed by atoms with van der Waals surface area (Å²) in [6.07, 6.45) is 1.81. The van der Waals surface area contributed by atoms with Gasteiger partial charge in [0, 0.05) is 30.6 Å². The van der Waals surface area contributed by atoms with Crippen molar-refractivity contribution in [2.75, 3.05) is 31.6 Å². The maximum absolute atomic E-state index is 13.7. The van der Waals surface area contributed by atoms with Crippen LogP contribution in [-0.4, -0.2) is 37.2 Å². The Hall–Kier alpha value is -1.33. The van der Waals surface area contributed by atoms with E-state index in [-0.39, 0.29) is 11.7 Å². The molecule has 1 aliphatic rings. The molecule has 2 amide bonds. The molecule has 1 N–H and O–H groups in total. The third kappa shape index (κ3) is 4.58. The van der Waals surface area contributed by atoms with Gasteiger partial charge < -0.3 is 15.0 Å². The topological polar surface area (TPSA) is 41.6 Å². The zero-order valence-electron chi connectivity index (χ0n) is 12.1. The number of hydrogen-bond acceptors (Lipinski definition) is 2. The van der Waals surface area contributed by atoms with Crippen molar-refractivity contribution in [1.29, 1.82) is 0 Å². The fraction of sp³-hybridized carbons (Fsp3) is 0.533.